The molecule has 0 saturated carbocycles. The summed E-state index contributed by atoms with van der Waals surface area (Å²) in [5.41, 5.74) is 3.21. The fourth-order valence-electron chi connectivity index (χ4n) is 4.14. The highest BCUT2D eigenvalue weighted by atomic mass is 16.5. The van der Waals surface area contributed by atoms with Crippen molar-refractivity contribution < 1.29 is 13.9 Å². The first-order chi connectivity index (χ1) is 12.0. The van der Waals surface area contributed by atoms with Gasteiger partial charge in [-0.05, 0) is 39.0 Å². The van der Waals surface area contributed by atoms with Crippen LogP contribution in [0.5, 0.6) is 11.5 Å². The fourth-order valence-corrected chi connectivity index (χ4v) is 4.14. The fraction of sp³-hybridized carbons (Fsp3) is 0.286. The lowest BCUT2D eigenvalue weighted by Gasteiger charge is -2.36. The Bertz CT molecular complexity index is 1090. The molecule has 0 unspecified atom stereocenters. The van der Waals surface area contributed by atoms with Crippen molar-refractivity contribution in [3.63, 3.8) is 0 Å². The number of hydrogen-bond acceptors (Lipinski definition) is 4. The molecule has 3 aromatic rings. The number of rotatable bonds is 0. The second-order valence-corrected chi connectivity index (χ2v) is 7.21. The van der Waals surface area contributed by atoms with Crippen LogP contribution in [0.15, 0.2) is 45.6 Å². The molecule has 0 aliphatic carbocycles. The van der Waals surface area contributed by atoms with Crippen LogP contribution in [0.25, 0.3) is 11.0 Å². The number of benzene rings is 2. The lowest BCUT2D eigenvalue weighted by Crippen LogP contribution is -2.42. The van der Waals surface area contributed by atoms with Gasteiger partial charge in [-0.1, -0.05) is 29.3 Å². The van der Waals surface area contributed by atoms with Crippen LogP contribution < -0.4 is 15.1 Å². The quantitative estimate of drug-likeness (QED) is 0.578. The maximum atomic E-state index is 12.8. The molecule has 0 N–H and O–H groups in total. The Morgan fingerprint density at radius 3 is 2.68 bits per heavy atom. The summed E-state index contributed by atoms with van der Waals surface area (Å²) < 4.78 is 18.0. The van der Waals surface area contributed by atoms with E-state index in [4.69, 9.17) is 13.9 Å². The monoisotopic (exact) mass is 334 g/mol. The smallest absolute Gasteiger partial charge is 0.347 e. The van der Waals surface area contributed by atoms with Crippen LogP contribution in [-0.2, 0) is 5.60 Å². The van der Waals surface area contributed by atoms with Gasteiger partial charge in [-0.2, -0.15) is 0 Å². The number of ether oxygens (including phenoxy) is 2. The summed E-state index contributed by atoms with van der Waals surface area (Å²) in [5, 5.41) is 0.824. The molecule has 2 aromatic carbocycles. The van der Waals surface area contributed by atoms with Crippen LogP contribution in [0, 0.1) is 13.8 Å². The third-order valence-corrected chi connectivity index (χ3v) is 5.43. The zero-order valence-corrected chi connectivity index (χ0v) is 14.4. The van der Waals surface area contributed by atoms with Crippen molar-refractivity contribution in [2.24, 2.45) is 0 Å². The van der Waals surface area contributed by atoms with Gasteiger partial charge in [0, 0.05) is 5.56 Å². The topological polar surface area (TPSA) is 48.7 Å². The van der Waals surface area contributed by atoms with Gasteiger partial charge in [0.1, 0.15) is 22.6 Å². The van der Waals surface area contributed by atoms with Gasteiger partial charge >= 0.3 is 5.63 Å². The lowest BCUT2D eigenvalue weighted by atomic mass is 9.79. The van der Waals surface area contributed by atoms with E-state index >= 15 is 0 Å². The van der Waals surface area contributed by atoms with Crippen molar-refractivity contribution in [3.8, 4) is 11.5 Å². The van der Waals surface area contributed by atoms with Gasteiger partial charge < -0.3 is 13.9 Å². The van der Waals surface area contributed by atoms with Crippen LogP contribution >= 0.6 is 0 Å². The summed E-state index contributed by atoms with van der Waals surface area (Å²) in [4.78, 5) is 12.8. The van der Waals surface area contributed by atoms with Crippen LogP contribution in [0.2, 0.25) is 0 Å². The van der Waals surface area contributed by atoms with E-state index in [-0.39, 0.29) is 11.5 Å². The predicted molar refractivity (Wildman–Crippen MR) is 94.6 cm³/mol. The second kappa shape index (κ2) is 4.66. The summed E-state index contributed by atoms with van der Waals surface area (Å²) in [6.07, 6.45) is 0. The van der Waals surface area contributed by atoms with Crippen LogP contribution in [0.3, 0.4) is 0 Å². The molecule has 0 saturated heterocycles. The average molecular weight is 334 g/mol. The molecule has 2 aliphatic rings. The summed E-state index contributed by atoms with van der Waals surface area (Å²) in [6.45, 7) is 6.51. The Labute approximate surface area is 145 Å². The van der Waals surface area contributed by atoms with Crippen LogP contribution in [0.1, 0.15) is 35.1 Å². The minimum Gasteiger partial charge on any atom is -0.491 e. The van der Waals surface area contributed by atoms with Crippen molar-refractivity contribution in [3.05, 3.63) is 69.1 Å². The molecule has 2 aliphatic heterocycles. The van der Waals surface area contributed by atoms with Crippen LogP contribution in [-0.4, -0.2) is 6.61 Å². The van der Waals surface area contributed by atoms with Gasteiger partial charge in [-0.15, -0.1) is 0 Å². The molecule has 0 fully saturated rings. The van der Waals surface area contributed by atoms with E-state index in [2.05, 4.69) is 13.0 Å². The Kier molecular flexibility index (Phi) is 2.72. The maximum absolute atomic E-state index is 12.8. The Morgan fingerprint density at radius 1 is 1.08 bits per heavy atom. The molecule has 0 bridgehead atoms. The minimum atomic E-state index is -0.776. The molecule has 0 spiro atoms. The highest BCUT2D eigenvalue weighted by Gasteiger charge is 2.53. The molecule has 1 aromatic heterocycles. The molecule has 3 heterocycles. The molecule has 25 heavy (non-hydrogen) atoms. The highest BCUT2D eigenvalue weighted by molar-refractivity contribution is 5.86. The molecule has 0 amide bonds. The van der Waals surface area contributed by atoms with Gasteiger partial charge in [0.05, 0.1) is 17.9 Å². The molecule has 4 heteroatoms. The largest absolute Gasteiger partial charge is 0.491 e. The zero-order valence-electron chi connectivity index (χ0n) is 14.4. The summed E-state index contributed by atoms with van der Waals surface area (Å²) in [6, 6.07) is 11.8. The zero-order chi connectivity index (χ0) is 17.3. The first-order valence-corrected chi connectivity index (χ1v) is 8.48. The predicted octanol–water partition coefficient (Wildman–Crippen LogP) is 4.19. The Hall–Kier alpha value is -2.75. The van der Waals surface area contributed by atoms with E-state index in [1.165, 1.54) is 5.56 Å². The van der Waals surface area contributed by atoms with E-state index < -0.39 is 5.60 Å². The molecule has 0 radical (unpaired) electrons. The first kappa shape index (κ1) is 14.6. The minimum absolute atomic E-state index is 0.0277. The van der Waals surface area contributed by atoms with Crippen molar-refractivity contribution in [1.82, 2.24) is 0 Å². The van der Waals surface area contributed by atoms with Gasteiger partial charge in [-0.3, -0.25) is 0 Å². The lowest BCUT2D eigenvalue weighted by molar-refractivity contribution is 0.0404. The van der Waals surface area contributed by atoms with E-state index in [9.17, 15) is 4.79 Å². The SMILES string of the molecule is Cc1ccc2c(c1)[C@H]1COc3c(c(=O)oc4ccc(C)cc34)[C@@]1(C)O2. The molecule has 4 nitrogen and oxygen atoms in total. The van der Waals surface area contributed by atoms with Crippen molar-refractivity contribution in [2.45, 2.75) is 32.3 Å². The van der Waals surface area contributed by atoms with Crippen molar-refractivity contribution in [1.29, 1.82) is 0 Å². The molecular weight excluding hydrogens is 316 g/mol. The van der Waals surface area contributed by atoms with Crippen LogP contribution in [0.4, 0.5) is 0 Å². The Balaban J connectivity index is 1.80. The van der Waals surface area contributed by atoms with E-state index in [1.807, 2.05) is 44.2 Å². The Morgan fingerprint density at radius 2 is 1.84 bits per heavy atom. The third kappa shape index (κ3) is 1.85. The van der Waals surface area contributed by atoms with E-state index in [1.54, 1.807) is 0 Å². The van der Waals surface area contributed by atoms with Crippen molar-refractivity contribution in [2.75, 3.05) is 6.61 Å². The second-order valence-electron chi connectivity index (χ2n) is 7.21. The van der Waals surface area contributed by atoms with E-state index in [0.29, 0.717) is 23.5 Å². The maximum Gasteiger partial charge on any atom is 0.347 e. The van der Waals surface area contributed by atoms with Crippen molar-refractivity contribution >= 4 is 11.0 Å². The molecular formula is C21H18O4. The summed E-state index contributed by atoms with van der Waals surface area (Å²) >= 11 is 0. The van der Waals surface area contributed by atoms with E-state index in [0.717, 1.165) is 22.3 Å². The number of hydrogen-bond donors (Lipinski definition) is 0. The number of fused-ring (bicyclic) bond motifs is 7. The normalized spacial score (nSPS) is 23.4. The average Bonchev–Trinajstić information content (AvgIpc) is 2.86. The highest BCUT2D eigenvalue weighted by Crippen LogP contribution is 2.55. The summed E-state index contributed by atoms with van der Waals surface area (Å²) in [7, 11) is 0. The van der Waals surface area contributed by atoms with Gasteiger partial charge in [0.2, 0.25) is 0 Å². The van der Waals surface area contributed by atoms with Gasteiger partial charge in [-0.25, -0.2) is 4.79 Å². The van der Waals surface area contributed by atoms with Gasteiger partial charge in [0.25, 0.3) is 0 Å². The van der Waals surface area contributed by atoms with Gasteiger partial charge in [0.15, 0.2) is 5.60 Å². The number of aryl methyl sites for hydroxylation is 2. The molecule has 2 atom stereocenters. The third-order valence-electron chi connectivity index (χ3n) is 5.43. The first-order valence-electron chi connectivity index (χ1n) is 8.48. The molecule has 5 rings (SSSR count). The molecule has 126 valence electrons. The summed E-state index contributed by atoms with van der Waals surface area (Å²) in [5.74, 6) is 1.39. The standard InChI is InChI=1S/C21H18O4/c1-11-5-7-17-13(8-11)15-10-23-19-14-9-12(2)4-6-16(14)24-20(22)18(19)21(15,3)25-17/h4-9,15H,10H2,1-3H3/t15-,21+/m1/s1.